The first kappa shape index (κ1) is 10.2. The summed E-state index contributed by atoms with van der Waals surface area (Å²) >= 11 is 5.74. The van der Waals surface area contributed by atoms with Gasteiger partial charge in [0.2, 0.25) is 0 Å². The van der Waals surface area contributed by atoms with Crippen LogP contribution in [0.3, 0.4) is 0 Å². The summed E-state index contributed by atoms with van der Waals surface area (Å²) < 4.78 is 1.58. The summed E-state index contributed by atoms with van der Waals surface area (Å²) in [5.41, 5.74) is 0.534. The van der Waals surface area contributed by atoms with Crippen LogP contribution in [0.1, 0.15) is 19.8 Å². The lowest BCUT2D eigenvalue weighted by Gasteiger charge is -1.97. The van der Waals surface area contributed by atoms with E-state index in [1.165, 1.54) is 0 Å². The molecule has 0 fully saturated rings. The van der Waals surface area contributed by atoms with E-state index in [0.29, 0.717) is 22.7 Å². The van der Waals surface area contributed by atoms with E-state index < -0.39 is 0 Å². The zero-order valence-electron chi connectivity index (χ0n) is 8.46. The van der Waals surface area contributed by atoms with Crippen LogP contribution in [0.15, 0.2) is 16.9 Å². The Bertz CT molecular complexity index is 529. The second-order valence-electron chi connectivity index (χ2n) is 3.45. The minimum Gasteiger partial charge on any atom is -0.278 e. The van der Waals surface area contributed by atoms with Crippen molar-refractivity contribution in [1.29, 1.82) is 0 Å². The third-order valence-corrected chi connectivity index (χ3v) is 2.52. The molecule has 1 N–H and O–H groups in total. The highest BCUT2D eigenvalue weighted by Gasteiger charge is 2.06. The molecule has 0 radical (unpaired) electrons. The van der Waals surface area contributed by atoms with Gasteiger partial charge in [-0.1, -0.05) is 24.9 Å². The predicted octanol–water partition coefficient (Wildman–Crippen LogP) is 2.18. The van der Waals surface area contributed by atoms with E-state index in [2.05, 4.69) is 17.0 Å². The Labute approximate surface area is 91.9 Å². The Morgan fingerprint density at radius 2 is 2.33 bits per heavy atom. The molecule has 2 aromatic heterocycles. The van der Waals surface area contributed by atoms with Crippen molar-refractivity contribution in [3.63, 3.8) is 0 Å². The van der Waals surface area contributed by atoms with E-state index in [4.69, 9.17) is 11.6 Å². The summed E-state index contributed by atoms with van der Waals surface area (Å²) in [7, 11) is 0. The molecule has 0 saturated heterocycles. The van der Waals surface area contributed by atoms with Crippen LogP contribution in [-0.4, -0.2) is 14.8 Å². The maximum atomic E-state index is 11.8. The van der Waals surface area contributed by atoms with Crippen molar-refractivity contribution >= 4 is 22.6 Å². The predicted molar refractivity (Wildman–Crippen MR) is 60.3 cm³/mol. The number of hydrogen-bond acceptors (Lipinski definition) is 2. The van der Waals surface area contributed by atoms with Gasteiger partial charge in [0, 0.05) is 6.54 Å². The normalized spacial score (nSPS) is 11.1. The molecule has 2 heterocycles. The molecule has 2 rings (SSSR count). The quantitative estimate of drug-likeness (QED) is 0.814. The molecule has 0 aliphatic carbocycles. The van der Waals surface area contributed by atoms with Gasteiger partial charge >= 0.3 is 0 Å². The van der Waals surface area contributed by atoms with Crippen molar-refractivity contribution in [3.05, 3.63) is 27.6 Å². The topological polar surface area (TPSA) is 50.7 Å². The van der Waals surface area contributed by atoms with E-state index in [-0.39, 0.29) is 5.56 Å². The highest BCUT2D eigenvalue weighted by atomic mass is 35.5. The Balaban J connectivity index is 2.49. The monoisotopic (exact) mass is 225 g/mol. The Hall–Kier alpha value is -1.29. The van der Waals surface area contributed by atoms with Crippen LogP contribution in [0.25, 0.3) is 11.0 Å². The molecule has 80 valence electrons. The SMILES string of the molecule is CCCCn1[nH]c2nc(Cl)ccc2c1=O. The number of nitrogens with zero attached hydrogens (tertiary/aromatic N) is 2. The molecule has 5 heteroatoms. The lowest BCUT2D eigenvalue weighted by atomic mass is 10.3. The number of unbranched alkanes of at least 4 members (excludes halogenated alkanes) is 1. The van der Waals surface area contributed by atoms with Gasteiger partial charge in [-0.3, -0.25) is 14.6 Å². The number of rotatable bonds is 3. The summed E-state index contributed by atoms with van der Waals surface area (Å²) in [6, 6.07) is 3.33. The maximum Gasteiger partial charge on any atom is 0.276 e. The number of aromatic nitrogens is 3. The lowest BCUT2D eigenvalue weighted by molar-refractivity contribution is 0.561. The molecule has 15 heavy (non-hydrogen) atoms. The van der Waals surface area contributed by atoms with Crippen LogP contribution in [-0.2, 0) is 6.54 Å². The third-order valence-electron chi connectivity index (χ3n) is 2.31. The first-order valence-electron chi connectivity index (χ1n) is 4.97. The summed E-state index contributed by atoms with van der Waals surface area (Å²) in [4.78, 5) is 15.8. The smallest absolute Gasteiger partial charge is 0.276 e. The van der Waals surface area contributed by atoms with Gasteiger partial charge in [0.05, 0.1) is 5.39 Å². The highest BCUT2D eigenvalue weighted by Crippen LogP contribution is 2.10. The van der Waals surface area contributed by atoms with Gasteiger partial charge in [-0.25, -0.2) is 4.98 Å². The van der Waals surface area contributed by atoms with E-state index in [1.807, 2.05) is 0 Å². The van der Waals surface area contributed by atoms with Crippen molar-refractivity contribution < 1.29 is 0 Å². The molecule has 0 saturated carbocycles. The van der Waals surface area contributed by atoms with E-state index in [9.17, 15) is 4.79 Å². The molecule has 0 unspecified atom stereocenters. The number of H-pyrrole nitrogens is 1. The first-order valence-corrected chi connectivity index (χ1v) is 5.35. The van der Waals surface area contributed by atoms with Crippen LogP contribution >= 0.6 is 11.6 Å². The molecular weight excluding hydrogens is 214 g/mol. The molecule has 2 aromatic rings. The zero-order valence-corrected chi connectivity index (χ0v) is 9.21. The second-order valence-corrected chi connectivity index (χ2v) is 3.84. The fourth-order valence-corrected chi connectivity index (χ4v) is 1.64. The average Bonchev–Trinajstić information content (AvgIpc) is 2.52. The standard InChI is InChI=1S/C10H12ClN3O/c1-2-3-6-14-10(15)7-4-5-8(11)12-9(7)13-14/h4-5H,2-3,6H2,1H3,(H,12,13). The highest BCUT2D eigenvalue weighted by molar-refractivity contribution is 6.29. The first-order chi connectivity index (χ1) is 7.22. The molecule has 0 aliphatic rings. The second kappa shape index (κ2) is 4.06. The van der Waals surface area contributed by atoms with Crippen LogP contribution in [0.5, 0.6) is 0 Å². The van der Waals surface area contributed by atoms with Crippen molar-refractivity contribution in [2.75, 3.05) is 0 Å². The molecule has 0 aromatic carbocycles. The average molecular weight is 226 g/mol. The summed E-state index contributed by atoms with van der Waals surface area (Å²) in [5.74, 6) is 0. The maximum absolute atomic E-state index is 11.8. The van der Waals surface area contributed by atoms with Crippen molar-refractivity contribution in [3.8, 4) is 0 Å². The molecule has 0 spiro atoms. The molecular formula is C10H12ClN3O. The Morgan fingerprint density at radius 1 is 1.53 bits per heavy atom. The molecule has 0 bridgehead atoms. The number of aromatic amines is 1. The van der Waals surface area contributed by atoms with Crippen LogP contribution in [0.2, 0.25) is 5.15 Å². The number of aryl methyl sites for hydroxylation is 1. The van der Waals surface area contributed by atoms with Gasteiger partial charge in [-0.05, 0) is 18.6 Å². The van der Waals surface area contributed by atoms with Gasteiger partial charge in [-0.15, -0.1) is 0 Å². The largest absolute Gasteiger partial charge is 0.278 e. The fourth-order valence-electron chi connectivity index (χ4n) is 1.49. The van der Waals surface area contributed by atoms with E-state index >= 15 is 0 Å². The molecule has 0 atom stereocenters. The zero-order chi connectivity index (χ0) is 10.8. The number of fused-ring (bicyclic) bond motifs is 1. The number of pyridine rings is 1. The van der Waals surface area contributed by atoms with E-state index in [1.54, 1.807) is 16.8 Å². The van der Waals surface area contributed by atoms with Gasteiger partial charge in [0.25, 0.3) is 5.56 Å². The van der Waals surface area contributed by atoms with E-state index in [0.717, 1.165) is 12.8 Å². The fraction of sp³-hybridized carbons (Fsp3) is 0.400. The number of hydrogen-bond donors (Lipinski definition) is 1. The van der Waals surface area contributed by atoms with Gasteiger partial charge in [0.15, 0.2) is 5.65 Å². The Morgan fingerprint density at radius 3 is 3.07 bits per heavy atom. The van der Waals surface area contributed by atoms with Gasteiger partial charge in [-0.2, -0.15) is 0 Å². The summed E-state index contributed by atoms with van der Waals surface area (Å²) in [6.45, 7) is 2.78. The van der Waals surface area contributed by atoms with Gasteiger partial charge < -0.3 is 0 Å². The minimum atomic E-state index is -0.0254. The van der Waals surface area contributed by atoms with Crippen LogP contribution in [0, 0.1) is 0 Å². The third kappa shape index (κ3) is 1.90. The van der Waals surface area contributed by atoms with Crippen LogP contribution in [0.4, 0.5) is 0 Å². The molecule has 0 aliphatic heterocycles. The van der Waals surface area contributed by atoms with Crippen molar-refractivity contribution in [2.24, 2.45) is 0 Å². The van der Waals surface area contributed by atoms with Crippen LogP contribution < -0.4 is 5.56 Å². The number of halogens is 1. The summed E-state index contributed by atoms with van der Waals surface area (Å²) in [6.07, 6.45) is 2.02. The minimum absolute atomic E-state index is 0.0254. The van der Waals surface area contributed by atoms with Gasteiger partial charge in [0.1, 0.15) is 5.15 Å². The van der Waals surface area contributed by atoms with Crippen molar-refractivity contribution in [2.45, 2.75) is 26.3 Å². The molecule has 0 amide bonds. The number of nitrogens with one attached hydrogen (secondary N) is 1. The van der Waals surface area contributed by atoms with Crippen molar-refractivity contribution in [1.82, 2.24) is 14.8 Å². The Kier molecular flexibility index (Phi) is 2.77. The summed E-state index contributed by atoms with van der Waals surface area (Å²) in [5, 5.41) is 3.94. The lowest BCUT2D eigenvalue weighted by Crippen LogP contribution is -2.16. The molecule has 4 nitrogen and oxygen atoms in total.